The van der Waals surface area contributed by atoms with E-state index in [0.717, 1.165) is 13.8 Å². The molecule has 0 heterocycles. The van der Waals surface area contributed by atoms with E-state index in [1.165, 1.54) is 6.07 Å². The van der Waals surface area contributed by atoms with Crippen LogP contribution in [0.2, 0.25) is 0 Å². The van der Waals surface area contributed by atoms with Crippen molar-refractivity contribution in [1.82, 2.24) is 0 Å². The van der Waals surface area contributed by atoms with Crippen molar-refractivity contribution < 1.29 is 22.0 Å². The maximum absolute atomic E-state index is 12.3. The predicted octanol–water partition coefficient (Wildman–Crippen LogP) is 3.12. The molecule has 0 aliphatic carbocycles. The summed E-state index contributed by atoms with van der Waals surface area (Å²) in [6.07, 6.45) is -7.10. The Kier molecular flexibility index (Phi) is 2.92. The first-order valence-corrected chi connectivity index (χ1v) is 3.38. The van der Waals surface area contributed by atoms with Gasteiger partial charge in [-0.2, -0.15) is 27.2 Å². The van der Waals surface area contributed by atoms with Crippen LogP contribution >= 0.6 is 0 Å². The van der Waals surface area contributed by atoms with Gasteiger partial charge in [-0.3, -0.25) is 0 Å². The molecule has 0 N–H and O–H groups in total. The molecule has 0 aliphatic rings. The van der Waals surface area contributed by atoms with Crippen LogP contribution in [0.5, 0.6) is 0 Å². The minimum absolute atomic E-state index is 1.03. The van der Waals surface area contributed by atoms with Gasteiger partial charge >= 0.3 is 12.1 Å². The van der Waals surface area contributed by atoms with Crippen LogP contribution in [0.1, 0.15) is 20.3 Å². The second-order valence-corrected chi connectivity index (χ2v) is 3.37. The van der Waals surface area contributed by atoms with Crippen molar-refractivity contribution in [3.8, 4) is 6.07 Å². The molecule has 0 aromatic carbocycles. The Balaban J connectivity index is 4.64. The lowest BCUT2D eigenvalue weighted by Gasteiger charge is -2.25. The van der Waals surface area contributed by atoms with Gasteiger partial charge in [0.15, 0.2) is 0 Å². The molecule has 0 aliphatic heterocycles. The van der Waals surface area contributed by atoms with Gasteiger partial charge in [-0.15, -0.1) is 0 Å². The predicted molar refractivity (Wildman–Crippen MR) is 35.0 cm³/mol. The monoisotopic (exact) mass is 201 g/mol. The summed E-state index contributed by atoms with van der Waals surface area (Å²) >= 11 is 0. The van der Waals surface area contributed by atoms with Crippen molar-refractivity contribution in [3.63, 3.8) is 0 Å². The Bertz CT molecular complexity index is 222. The molecule has 0 saturated heterocycles. The van der Waals surface area contributed by atoms with Gasteiger partial charge in [-0.05, 0) is 13.8 Å². The standard InChI is InChI=1S/C7H8F5N/c1-5(2,4-13)3-6(8,9)7(10,11)12/h3H2,1-2H3. The number of hydrogen-bond donors (Lipinski definition) is 0. The summed E-state index contributed by atoms with van der Waals surface area (Å²) in [5, 5.41) is 8.27. The largest absolute Gasteiger partial charge is 0.453 e. The van der Waals surface area contributed by atoms with Crippen LogP contribution in [0.25, 0.3) is 0 Å². The third-order valence-electron chi connectivity index (χ3n) is 1.38. The minimum atomic E-state index is -5.58. The van der Waals surface area contributed by atoms with E-state index in [-0.39, 0.29) is 0 Å². The molecule has 0 aromatic rings. The van der Waals surface area contributed by atoms with E-state index in [4.69, 9.17) is 5.26 Å². The lowest BCUT2D eigenvalue weighted by molar-refractivity contribution is -0.289. The Morgan fingerprint density at radius 3 is 1.69 bits per heavy atom. The summed E-state index contributed by atoms with van der Waals surface area (Å²) in [6, 6.07) is 1.39. The van der Waals surface area contributed by atoms with Crippen LogP contribution in [0.15, 0.2) is 0 Å². The van der Waals surface area contributed by atoms with Crippen LogP contribution in [-0.4, -0.2) is 12.1 Å². The van der Waals surface area contributed by atoms with Crippen molar-refractivity contribution in [3.05, 3.63) is 0 Å². The molecule has 0 fully saturated rings. The van der Waals surface area contributed by atoms with Gasteiger partial charge in [-0.1, -0.05) is 0 Å². The Morgan fingerprint density at radius 1 is 1.08 bits per heavy atom. The molecule has 0 radical (unpaired) electrons. The second-order valence-electron chi connectivity index (χ2n) is 3.37. The summed E-state index contributed by atoms with van der Waals surface area (Å²) in [7, 11) is 0. The highest BCUT2D eigenvalue weighted by Crippen LogP contribution is 2.43. The molecule has 0 spiro atoms. The minimum Gasteiger partial charge on any atom is -0.198 e. The third-order valence-corrected chi connectivity index (χ3v) is 1.38. The van der Waals surface area contributed by atoms with Crippen molar-refractivity contribution in [2.75, 3.05) is 0 Å². The SMILES string of the molecule is CC(C)(C#N)CC(F)(F)C(F)(F)F. The number of rotatable bonds is 2. The van der Waals surface area contributed by atoms with Gasteiger partial charge in [-0.25, -0.2) is 0 Å². The number of hydrogen-bond acceptors (Lipinski definition) is 1. The maximum atomic E-state index is 12.3. The fraction of sp³-hybridized carbons (Fsp3) is 0.857. The molecule has 76 valence electrons. The van der Waals surface area contributed by atoms with E-state index < -0.39 is 23.9 Å². The first-order valence-electron chi connectivity index (χ1n) is 3.38. The molecule has 0 bridgehead atoms. The molecular formula is C7H8F5N. The van der Waals surface area contributed by atoms with E-state index in [2.05, 4.69) is 0 Å². The Morgan fingerprint density at radius 2 is 1.46 bits per heavy atom. The second kappa shape index (κ2) is 3.13. The van der Waals surface area contributed by atoms with Gasteiger partial charge in [0, 0.05) is 6.42 Å². The Labute approximate surface area is 72.1 Å². The van der Waals surface area contributed by atoms with E-state index in [1.54, 1.807) is 0 Å². The number of halogens is 5. The van der Waals surface area contributed by atoms with E-state index in [0.29, 0.717) is 0 Å². The molecule has 0 aromatic heterocycles. The summed E-state index contributed by atoms with van der Waals surface area (Å²) in [4.78, 5) is 0. The van der Waals surface area contributed by atoms with Crippen molar-refractivity contribution in [2.45, 2.75) is 32.4 Å². The first-order chi connectivity index (χ1) is 5.52. The van der Waals surface area contributed by atoms with Gasteiger partial charge in [0.2, 0.25) is 0 Å². The lowest BCUT2D eigenvalue weighted by atomic mass is 9.88. The van der Waals surface area contributed by atoms with Gasteiger partial charge < -0.3 is 0 Å². The molecule has 13 heavy (non-hydrogen) atoms. The zero-order valence-electron chi connectivity index (χ0n) is 7.04. The number of nitrogens with zero attached hydrogens (tertiary/aromatic N) is 1. The maximum Gasteiger partial charge on any atom is 0.453 e. The van der Waals surface area contributed by atoms with E-state index in [9.17, 15) is 22.0 Å². The number of alkyl halides is 5. The fourth-order valence-corrected chi connectivity index (χ4v) is 0.695. The zero-order chi connectivity index (χ0) is 10.9. The summed E-state index contributed by atoms with van der Waals surface area (Å²) in [5.41, 5.74) is -1.68. The first kappa shape index (κ1) is 12.1. The van der Waals surface area contributed by atoms with Crippen LogP contribution in [0.4, 0.5) is 22.0 Å². The molecule has 0 amide bonds. The summed E-state index contributed by atoms with van der Waals surface area (Å²) < 4.78 is 59.6. The van der Waals surface area contributed by atoms with Crippen LogP contribution in [0, 0.1) is 16.7 Å². The van der Waals surface area contributed by atoms with Gasteiger partial charge in [0.1, 0.15) is 0 Å². The molecule has 0 saturated carbocycles. The third kappa shape index (κ3) is 3.17. The molecule has 0 unspecified atom stereocenters. The Hall–Kier alpha value is -0.860. The molecular weight excluding hydrogens is 193 g/mol. The topological polar surface area (TPSA) is 23.8 Å². The summed E-state index contributed by atoms with van der Waals surface area (Å²) in [5.74, 6) is -4.80. The van der Waals surface area contributed by atoms with Gasteiger partial charge in [0.05, 0.1) is 11.5 Å². The highest BCUT2D eigenvalue weighted by Gasteiger charge is 2.59. The number of nitriles is 1. The highest BCUT2D eigenvalue weighted by molar-refractivity contribution is 4.96. The molecule has 6 heteroatoms. The van der Waals surface area contributed by atoms with Crippen LogP contribution in [-0.2, 0) is 0 Å². The smallest absolute Gasteiger partial charge is 0.198 e. The van der Waals surface area contributed by atoms with Crippen molar-refractivity contribution >= 4 is 0 Å². The van der Waals surface area contributed by atoms with E-state index >= 15 is 0 Å². The van der Waals surface area contributed by atoms with Crippen LogP contribution in [0.3, 0.4) is 0 Å². The quantitative estimate of drug-likeness (QED) is 0.629. The van der Waals surface area contributed by atoms with Gasteiger partial charge in [0.25, 0.3) is 0 Å². The average molecular weight is 201 g/mol. The fourth-order valence-electron chi connectivity index (χ4n) is 0.695. The van der Waals surface area contributed by atoms with Crippen molar-refractivity contribution in [2.24, 2.45) is 5.41 Å². The highest BCUT2D eigenvalue weighted by atomic mass is 19.4. The lowest BCUT2D eigenvalue weighted by Crippen LogP contribution is -2.40. The van der Waals surface area contributed by atoms with Crippen LogP contribution < -0.4 is 0 Å². The average Bonchev–Trinajstić information content (AvgIpc) is 1.83. The zero-order valence-corrected chi connectivity index (χ0v) is 7.04. The molecule has 0 atom stereocenters. The van der Waals surface area contributed by atoms with E-state index in [1.807, 2.05) is 0 Å². The van der Waals surface area contributed by atoms with Crippen molar-refractivity contribution in [1.29, 1.82) is 5.26 Å². The summed E-state index contributed by atoms with van der Waals surface area (Å²) in [6.45, 7) is 2.07. The molecule has 0 rings (SSSR count). The normalized spacial score (nSPS) is 14.0. The molecule has 1 nitrogen and oxygen atoms in total.